The third kappa shape index (κ3) is 59.7. The number of phosphoric acid groups is 3. The van der Waals surface area contributed by atoms with Crippen molar-refractivity contribution in [2.75, 3.05) is 0 Å². The van der Waals surface area contributed by atoms with E-state index in [1.807, 2.05) is 0 Å². The van der Waals surface area contributed by atoms with Crippen molar-refractivity contribution in [1.29, 1.82) is 0 Å². The molecular weight excluding hydrogens is 751 g/mol. The van der Waals surface area contributed by atoms with E-state index in [-0.39, 0.29) is 52.4 Å². The second-order valence-corrected chi connectivity index (χ2v) is 4.76. The number of hydrogen-bond donors (Lipinski definition) is 3. The second kappa shape index (κ2) is 15.9. The van der Waals surface area contributed by atoms with Crippen molar-refractivity contribution in [2.45, 2.75) is 0 Å². The minimum absolute atomic E-state index is 0. The van der Waals surface area contributed by atoms with Crippen LogP contribution in [0.15, 0.2) is 0 Å². The van der Waals surface area contributed by atoms with Crippen molar-refractivity contribution < 1.29 is 72.9 Å². The predicted octanol–water partition coefficient (Wildman–Crippen LogP) is -5.85. The molecule has 118 valence electrons. The predicted molar refractivity (Wildman–Crippen MR) is 45.5 cm³/mol. The van der Waals surface area contributed by atoms with E-state index < -0.39 is 23.5 Å². The normalized spacial score (nSPS) is 10.7. The molecule has 0 heterocycles. The van der Waals surface area contributed by atoms with Gasteiger partial charge in [0.25, 0.3) is 0 Å². The molecule has 20 heteroatoms. The molecule has 3 N–H and O–H groups in total. The first-order valence-corrected chi connectivity index (χ1v) is 7.12. The van der Waals surface area contributed by atoms with Crippen LogP contribution < -0.4 is 29.4 Å². The molecule has 0 amide bonds. The Morgan fingerprint density at radius 2 is 0.600 bits per heavy atom. The van der Waals surface area contributed by atoms with Crippen LogP contribution in [0.1, 0.15) is 0 Å². The molecule has 0 rings (SSSR count). The first-order valence-electron chi connectivity index (χ1n) is 2.74. The summed E-state index contributed by atoms with van der Waals surface area (Å²) < 4.78 is 34.1. The molecule has 0 aliphatic heterocycles. The molecule has 0 spiro atoms. The van der Waals surface area contributed by atoms with E-state index in [2.05, 4.69) is 14.0 Å². The Hall–Kier alpha value is 1.98. The van der Waals surface area contributed by atoms with Crippen molar-refractivity contribution >= 4 is 75.9 Å². The first kappa shape index (κ1) is 33.6. The van der Waals surface area contributed by atoms with Crippen LogP contribution in [-0.4, -0.2) is 68.2 Å². The van der Waals surface area contributed by atoms with E-state index in [1.165, 1.54) is 0 Å². The number of hydrogen-bond acceptors (Lipinski definition) is 15. The third-order valence-electron chi connectivity index (χ3n) is 0.300. The summed E-state index contributed by atoms with van der Waals surface area (Å²) in [6, 6.07) is 0. The molecule has 0 aromatic heterocycles. The maximum atomic E-state index is 9.00. The zero-order valence-electron chi connectivity index (χ0n) is 8.48. The molecule has 4 radical (unpaired) electrons. The molecule has 0 aromatic carbocycles. The first-order chi connectivity index (χ1) is 7.68. The summed E-state index contributed by atoms with van der Waals surface area (Å²) in [4.78, 5) is 54.0. The van der Waals surface area contributed by atoms with Crippen LogP contribution in [0.5, 0.6) is 0 Å². The van der Waals surface area contributed by atoms with Gasteiger partial charge < -0.3 is 43.1 Å². The van der Waals surface area contributed by atoms with Gasteiger partial charge in [0.1, 0.15) is 0 Å². The Balaban J connectivity index is -0.0000000536. The summed E-state index contributed by atoms with van der Waals surface area (Å²) >= 11 is 0. The Morgan fingerprint density at radius 3 is 0.600 bits per heavy atom. The summed E-state index contributed by atoms with van der Waals surface area (Å²) in [6.45, 7) is 0. The van der Waals surface area contributed by atoms with Gasteiger partial charge in [-0.1, -0.05) is 0 Å². The molecule has 0 fully saturated rings. The fourth-order valence-corrected chi connectivity index (χ4v) is 0. The van der Waals surface area contributed by atoms with Crippen molar-refractivity contribution in [2.24, 2.45) is 0 Å². The van der Waals surface area contributed by atoms with E-state index in [9.17, 15) is 0 Å². The molecule has 0 aliphatic rings. The van der Waals surface area contributed by atoms with Crippen molar-refractivity contribution in [3.05, 3.63) is 0 Å². The van der Waals surface area contributed by atoms with Crippen LogP contribution in [0.2, 0.25) is 0 Å². The molecule has 0 saturated heterocycles. The van der Waals surface area contributed by atoms with E-state index in [4.69, 9.17) is 58.8 Å². The minimum atomic E-state index is -5.09. The topological polar surface area (TPSA) is 278 Å². The maximum Gasteiger partial charge on any atom is 3.00 e. The maximum absolute atomic E-state index is 9.00. The monoisotopic (exact) mass is 754 g/mol. The van der Waals surface area contributed by atoms with Gasteiger partial charge in [-0.05, 0) is 0 Å². The smallest absolute Gasteiger partial charge is 0.788 e. The molecule has 20 heavy (non-hydrogen) atoms. The van der Waals surface area contributed by atoms with Crippen LogP contribution in [0.3, 0.4) is 0 Å². The Kier molecular flexibility index (Phi) is 26.6. The van der Waals surface area contributed by atoms with Gasteiger partial charge in [-0.2, -0.15) is 0 Å². The third-order valence-corrected chi connectivity index (χ3v) is 0.900. The average molecular weight is 754 g/mol. The van der Waals surface area contributed by atoms with Crippen LogP contribution >= 0.6 is 23.5 Å². The molecule has 0 saturated carbocycles. The van der Waals surface area contributed by atoms with Gasteiger partial charge in [-0.3, -0.25) is 0 Å². The quantitative estimate of drug-likeness (QED) is 0.105. The molecule has 0 aliphatic carbocycles. The summed E-state index contributed by atoms with van der Waals surface area (Å²) in [5, 5.41) is 21.0. The molecular formula is H3Bi2O15P3. The Labute approximate surface area is 148 Å². The van der Waals surface area contributed by atoms with Gasteiger partial charge >= 0.3 is 52.4 Å². The molecule has 0 aromatic rings. The standard InChI is InChI=1S/2Bi.3H3O5P/c;;3*1-5-6(2,3)4/h;;3*1H,(H2,2,3,4)/q2*+3;;;/p-6. The summed E-state index contributed by atoms with van der Waals surface area (Å²) in [5.41, 5.74) is 0. The second-order valence-electron chi connectivity index (χ2n) is 1.59. The zero-order chi connectivity index (χ0) is 15.6. The summed E-state index contributed by atoms with van der Waals surface area (Å²) in [5.74, 6) is 0. The Bertz CT molecular complexity index is 266. The molecule has 0 unspecified atom stereocenters. The van der Waals surface area contributed by atoms with Crippen LogP contribution in [0.25, 0.3) is 0 Å². The van der Waals surface area contributed by atoms with Gasteiger partial charge in [0.2, 0.25) is 0 Å². The zero-order valence-corrected chi connectivity index (χ0v) is 18.1. The van der Waals surface area contributed by atoms with E-state index >= 15 is 0 Å². The van der Waals surface area contributed by atoms with Gasteiger partial charge in [0, 0.05) is 0 Å². The van der Waals surface area contributed by atoms with Crippen LogP contribution in [0, 0.1) is 0 Å². The van der Waals surface area contributed by atoms with E-state index in [0.717, 1.165) is 0 Å². The summed E-state index contributed by atoms with van der Waals surface area (Å²) in [7, 11) is -15.3. The largest absolute Gasteiger partial charge is 3.00 e. The van der Waals surface area contributed by atoms with Gasteiger partial charge in [-0.15, -0.1) is 0 Å². The van der Waals surface area contributed by atoms with E-state index in [0.29, 0.717) is 0 Å². The van der Waals surface area contributed by atoms with Gasteiger partial charge in [-0.25, -0.2) is 29.8 Å². The van der Waals surface area contributed by atoms with Gasteiger partial charge in [0.05, 0.1) is 23.5 Å². The van der Waals surface area contributed by atoms with Crippen molar-refractivity contribution in [3.8, 4) is 0 Å². The molecule has 0 bridgehead atoms. The van der Waals surface area contributed by atoms with Crippen molar-refractivity contribution in [1.82, 2.24) is 0 Å². The minimum Gasteiger partial charge on any atom is -0.788 e. The Morgan fingerprint density at radius 1 is 0.550 bits per heavy atom. The fraction of sp³-hybridized carbons (Fsp3) is 0. The van der Waals surface area contributed by atoms with Crippen LogP contribution in [-0.2, 0) is 27.7 Å². The summed E-state index contributed by atoms with van der Waals surface area (Å²) in [6.07, 6.45) is 0. The van der Waals surface area contributed by atoms with E-state index in [1.54, 1.807) is 0 Å². The SMILES string of the molecule is O=P([O-])([O-])OO.O=P([O-])([O-])OO.O=P([O-])([O-])OO.[Bi+3].[Bi+3]. The van der Waals surface area contributed by atoms with Gasteiger partial charge in [0.15, 0.2) is 0 Å². The average Bonchev–Trinajstić information content (AvgIpc) is 2.16. The van der Waals surface area contributed by atoms with Crippen LogP contribution in [0.4, 0.5) is 0 Å². The molecule has 0 atom stereocenters. The fourth-order valence-electron chi connectivity index (χ4n) is 0. The molecule has 15 nitrogen and oxygen atoms in total. The number of rotatable bonds is 3. The van der Waals surface area contributed by atoms with Crippen molar-refractivity contribution in [3.63, 3.8) is 0 Å².